The number of benzene rings is 2. The maximum absolute atomic E-state index is 13.1. The minimum absolute atomic E-state index is 0.00205. The van der Waals surface area contributed by atoms with Gasteiger partial charge in [0.25, 0.3) is 0 Å². The first-order valence-corrected chi connectivity index (χ1v) is 11.4. The van der Waals surface area contributed by atoms with Gasteiger partial charge in [-0.1, -0.05) is 60.7 Å². The van der Waals surface area contributed by atoms with Gasteiger partial charge in [-0.2, -0.15) is 4.31 Å². The Labute approximate surface area is 167 Å². The van der Waals surface area contributed by atoms with Crippen LogP contribution in [-0.4, -0.2) is 45.1 Å². The van der Waals surface area contributed by atoms with E-state index >= 15 is 0 Å². The molecule has 1 atom stereocenters. The molecule has 1 saturated heterocycles. The highest BCUT2D eigenvalue weighted by Crippen LogP contribution is 2.48. The molecular weight excluding hydrogens is 374 g/mol. The summed E-state index contributed by atoms with van der Waals surface area (Å²) in [6.45, 7) is 2.41. The molecule has 1 aliphatic heterocycles. The van der Waals surface area contributed by atoms with Crippen molar-refractivity contribution >= 4 is 10.0 Å². The van der Waals surface area contributed by atoms with E-state index in [2.05, 4.69) is 0 Å². The van der Waals surface area contributed by atoms with E-state index in [9.17, 15) is 8.42 Å². The maximum atomic E-state index is 13.1. The van der Waals surface area contributed by atoms with E-state index < -0.39 is 10.0 Å². The van der Waals surface area contributed by atoms with Crippen LogP contribution >= 0.6 is 0 Å². The Morgan fingerprint density at radius 2 is 1.64 bits per heavy atom. The molecule has 2 aromatic rings. The van der Waals surface area contributed by atoms with E-state index in [4.69, 9.17) is 9.47 Å². The summed E-state index contributed by atoms with van der Waals surface area (Å²) >= 11 is 0. The number of nitrogens with zero attached hydrogens (tertiary/aromatic N) is 1. The largest absolute Gasteiger partial charge is 0.374 e. The second-order valence-corrected chi connectivity index (χ2v) is 9.94. The Bertz CT molecular complexity index is 866. The van der Waals surface area contributed by atoms with Crippen molar-refractivity contribution < 1.29 is 17.9 Å². The van der Waals surface area contributed by atoms with Gasteiger partial charge in [-0.05, 0) is 24.0 Å². The number of rotatable bonds is 7. The predicted octanol–water partition coefficient (Wildman–Crippen LogP) is 3.21. The van der Waals surface area contributed by atoms with Gasteiger partial charge in [0.05, 0.1) is 31.7 Å². The lowest BCUT2D eigenvalue weighted by molar-refractivity contribution is -0.0258. The topological polar surface area (TPSA) is 55.8 Å². The molecule has 1 saturated carbocycles. The molecule has 2 fully saturated rings. The van der Waals surface area contributed by atoms with Crippen molar-refractivity contribution in [3.05, 3.63) is 71.8 Å². The van der Waals surface area contributed by atoms with Gasteiger partial charge in [0, 0.05) is 18.5 Å². The van der Waals surface area contributed by atoms with Gasteiger partial charge < -0.3 is 9.47 Å². The molecule has 0 bridgehead atoms. The normalized spacial score (nSPS) is 22.1. The van der Waals surface area contributed by atoms with Gasteiger partial charge in [0.1, 0.15) is 0 Å². The van der Waals surface area contributed by atoms with Crippen LogP contribution in [0.5, 0.6) is 0 Å². The first kappa shape index (κ1) is 19.6. The van der Waals surface area contributed by atoms with E-state index in [1.807, 2.05) is 60.7 Å². The highest BCUT2D eigenvalue weighted by molar-refractivity contribution is 7.88. The Balaban J connectivity index is 1.41. The van der Waals surface area contributed by atoms with Crippen molar-refractivity contribution in [3.63, 3.8) is 0 Å². The van der Waals surface area contributed by atoms with Crippen LogP contribution in [0, 0.1) is 5.41 Å². The Hall–Kier alpha value is -1.73. The summed E-state index contributed by atoms with van der Waals surface area (Å²) in [5, 5.41) is 0. The third-order valence-electron chi connectivity index (χ3n) is 5.50. The highest BCUT2D eigenvalue weighted by Gasteiger charge is 2.48. The molecular formula is C22H27NO4S. The van der Waals surface area contributed by atoms with Crippen LogP contribution in [0.15, 0.2) is 60.7 Å². The maximum Gasteiger partial charge on any atom is 0.218 e. The zero-order valence-corrected chi connectivity index (χ0v) is 16.8. The SMILES string of the molecule is O=S(=O)(Cc1ccccc1)N1C[C@@H](COCc2ccccc2)OCC2(CC2)C1. The van der Waals surface area contributed by atoms with Crippen molar-refractivity contribution in [2.24, 2.45) is 5.41 Å². The van der Waals surface area contributed by atoms with Gasteiger partial charge >= 0.3 is 0 Å². The summed E-state index contributed by atoms with van der Waals surface area (Å²) in [6.07, 6.45) is 1.82. The molecule has 1 heterocycles. The standard InChI is InChI=1S/C22H27NO4S/c24-28(25,16-20-9-5-2-6-10-20)23-13-21(27-18-22(17-23)11-12-22)15-26-14-19-7-3-1-4-8-19/h1-10,21H,11-18H2/t21-/m0/s1. The van der Waals surface area contributed by atoms with Crippen molar-refractivity contribution in [1.29, 1.82) is 0 Å². The van der Waals surface area contributed by atoms with E-state index in [1.54, 1.807) is 4.31 Å². The molecule has 0 N–H and O–H groups in total. The lowest BCUT2D eigenvalue weighted by Crippen LogP contribution is -2.40. The van der Waals surface area contributed by atoms with Gasteiger partial charge in [-0.3, -0.25) is 0 Å². The molecule has 150 valence electrons. The summed E-state index contributed by atoms with van der Waals surface area (Å²) in [6, 6.07) is 19.3. The number of hydrogen-bond donors (Lipinski definition) is 0. The summed E-state index contributed by atoms with van der Waals surface area (Å²) < 4.78 is 39.7. The first-order valence-electron chi connectivity index (χ1n) is 9.80. The summed E-state index contributed by atoms with van der Waals surface area (Å²) in [5.41, 5.74) is 1.91. The smallest absolute Gasteiger partial charge is 0.218 e. The zero-order chi connectivity index (χ0) is 19.5. The van der Waals surface area contributed by atoms with Crippen LogP contribution in [0.1, 0.15) is 24.0 Å². The summed E-state index contributed by atoms with van der Waals surface area (Å²) in [4.78, 5) is 0. The van der Waals surface area contributed by atoms with Crippen molar-refractivity contribution in [2.45, 2.75) is 31.3 Å². The fourth-order valence-corrected chi connectivity index (χ4v) is 5.27. The first-order chi connectivity index (χ1) is 13.5. The Kier molecular flexibility index (Phi) is 5.83. The van der Waals surface area contributed by atoms with Crippen LogP contribution in [0.4, 0.5) is 0 Å². The van der Waals surface area contributed by atoms with Gasteiger partial charge in [-0.25, -0.2) is 8.42 Å². The highest BCUT2D eigenvalue weighted by atomic mass is 32.2. The van der Waals surface area contributed by atoms with Crippen LogP contribution in [0.25, 0.3) is 0 Å². The van der Waals surface area contributed by atoms with E-state index in [0.717, 1.165) is 24.0 Å². The molecule has 1 spiro atoms. The Morgan fingerprint density at radius 3 is 2.29 bits per heavy atom. The average molecular weight is 402 g/mol. The molecule has 0 amide bonds. The second-order valence-electron chi connectivity index (χ2n) is 7.97. The fraction of sp³-hybridized carbons (Fsp3) is 0.455. The van der Waals surface area contributed by atoms with Crippen molar-refractivity contribution in [2.75, 3.05) is 26.3 Å². The zero-order valence-electron chi connectivity index (χ0n) is 16.0. The molecule has 1 aliphatic carbocycles. The van der Waals surface area contributed by atoms with Crippen molar-refractivity contribution in [1.82, 2.24) is 4.31 Å². The summed E-state index contributed by atoms with van der Waals surface area (Å²) in [7, 11) is -3.40. The van der Waals surface area contributed by atoms with E-state index in [0.29, 0.717) is 32.9 Å². The molecule has 4 rings (SSSR count). The minimum Gasteiger partial charge on any atom is -0.374 e. The van der Waals surface area contributed by atoms with Crippen LogP contribution in [-0.2, 0) is 31.9 Å². The van der Waals surface area contributed by atoms with Crippen LogP contribution < -0.4 is 0 Å². The molecule has 2 aromatic carbocycles. The van der Waals surface area contributed by atoms with Gasteiger partial charge in [0.15, 0.2) is 0 Å². The third-order valence-corrected chi connectivity index (χ3v) is 7.27. The number of sulfonamides is 1. The van der Waals surface area contributed by atoms with E-state index in [1.165, 1.54) is 0 Å². The molecule has 2 aliphatic rings. The minimum atomic E-state index is -3.40. The quantitative estimate of drug-likeness (QED) is 0.715. The predicted molar refractivity (Wildman–Crippen MR) is 108 cm³/mol. The molecule has 28 heavy (non-hydrogen) atoms. The second kappa shape index (κ2) is 8.33. The summed E-state index contributed by atoms with van der Waals surface area (Å²) in [5.74, 6) is 0.0293. The monoisotopic (exact) mass is 401 g/mol. The molecule has 0 unspecified atom stereocenters. The lowest BCUT2D eigenvalue weighted by Gasteiger charge is -2.24. The van der Waals surface area contributed by atoms with Crippen molar-refractivity contribution in [3.8, 4) is 0 Å². The number of ether oxygens (including phenoxy) is 2. The lowest BCUT2D eigenvalue weighted by atomic mass is 10.1. The number of hydrogen-bond acceptors (Lipinski definition) is 4. The molecule has 0 aromatic heterocycles. The Morgan fingerprint density at radius 1 is 1.00 bits per heavy atom. The van der Waals surface area contributed by atoms with Gasteiger partial charge in [-0.15, -0.1) is 0 Å². The van der Waals surface area contributed by atoms with Crippen LogP contribution in [0.2, 0.25) is 0 Å². The van der Waals surface area contributed by atoms with E-state index in [-0.39, 0.29) is 17.3 Å². The molecule has 6 heteroatoms. The average Bonchev–Trinajstić information content (AvgIpc) is 3.49. The molecule has 0 radical (unpaired) electrons. The van der Waals surface area contributed by atoms with Crippen LogP contribution in [0.3, 0.4) is 0 Å². The molecule has 5 nitrogen and oxygen atoms in total. The third kappa shape index (κ3) is 5.00. The van der Waals surface area contributed by atoms with Gasteiger partial charge in [0.2, 0.25) is 10.0 Å². The fourth-order valence-electron chi connectivity index (χ4n) is 3.61.